The normalized spacial score (nSPS) is 22.5. The van der Waals surface area contributed by atoms with Crippen LogP contribution in [0.4, 0.5) is 8.78 Å². The lowest BCUT2D eigenvalue weighted by Gasteiger charge is -2.30. The average molecular weight is 607 g/mol. The van der Waals surface area contributed by atoms with Crippen molar-refractivity contribution in [3.8, 4) is 0 Å². The van der Waals surface area contributed by atoms with Crippen molar-refractivity contribution >= 4 is 33.4 Å². The molecule has 2 radical (unpaired) electrons. The second kappa shape index (κ2) is 16.6. The summed E-state index contributed by atoms with van der Waals surface area (Å²) in [6, 6.07) is 7.83. The highest BCUT2D eigenvalue weighted by Crippen LogP contribution is 2.36. The van der Waals surface area contributed by atoms with E-state index in [1.54, 1.807) is 26.3 Å². The van der Waals surface area contributed by atoms with Crippen molar-refractivity contribution in [3.63, 3.8) is 0 Å². The monoisotopic (exact) mass is 606 g/mol. The predicted octanol–water partition coefficient (Wildman–Crippen LogP) is 9.04. The van der Waals surface area contributed by atoms with Crippen LogP contribution in [0.2, 0.25) is 0 Å². The molecule has 2 N–H and O–H groups in total. The Balaban J connectivity index is 0.000000254. The SMILES string of the molecule is CC1CCC(n2ccc3c(F)cccc32)CC1.CN=CC(/C(N)=C/C(=[CH]\[Al])N1CCCCCCC1)=C(\C)C(C)(C)C(C)F. The third-order valence-corrected chi connectivity index (χ3v) is 10.1. The van der Waals surface area contributed by atoms with Gasteiger partial charge in [0.05, 0.1) is 5.52 Å². The van der Waals surface area contributed by atoms with Gasteiger partial charge in [0, 0.05) is 66.4 Å². The molecule has 2 aromatic rings. The fourth-order valence-electron chi connectivity index (χ4n) is 6.14. The number of likely N-dealkylation sites (tertiary alicyclic amines) is 1. The standard InChI is InChI=1S/C21H35FN3.C15H18FN.Al/c1-16(25-12-10-8-7-9-11-13-25)14-20(23)19(15-24-6)17(2)21(4,5)18(3)22;1-11-5-7-12(8-6-11)17-10-9-13-14(16)3-2-4-15(13)17;/h1,14-15,18H,7-13,23H2,2-6H3;2-4,9-12H,5-8H2,1H3;/b16-1?,19-17-,20-14-,24-15?;;. The quantitative estimate of drug-likeness (QED) is 0.194. The number of aliphatic imine (C=N–C) groups is 1. The minimum atomic E-state index is -0.971. The lowest BCUT2D eigenvalue weighted by atomic mass is 9.78. The maximum absolute atomic E-state index is 14.1. The third-order valence-electron chi connectivity index (χ3n) is 9.72. The smallest absolute Gasteiger partial charge is 0.165 e. The summed E-state index contributed by atoms with van der Waals surface area (Å²) in [6.45, 7) is 11.8. The zero-order chi connectivity index (χ0) is 31.6. The Morgan fingerprint density at radius 2 is 1.70 bits per heavy atom. The summed E-state index contributed by atoms with van der Waals surface area (Å²) in [5.41, 5.74) is 10.4. The zero-order valence-corrected chi connectivity index (χ0v) is 28.5. The molecule has 1 aliphatic carbocycles. The molecule has 1 saturated carbocycles. The molecule has 1 aliphatic heterocycles. The predicted molar refractivity (Wildman–Crippen MR) is 181 cm³/mol. The van der Waals surface area contributed by atoms with E-state index < -0.39 is 11.6 Å². The van der Waals surface area contributed by atoms with E-state index >= 15 is 0 Å². The van der Waals surface area contributed by atoms with E-state index in [4.69, 9.17) is 5.73 Å². The van der Waals surface area contributed by atoms with E-state index in [1.807, 2.05) is 43.9 Å². The Morgan fingerprint density at radius 1 is 1.07 bits per heavy atom. The van der Waals surface area contributed by atoms with Gasteiger partial charge in [-0.15, -0.1) is 4.94 Å². The van der Waals surface area contributed by atoms with Gasteiger partial charge in [-0.25, -0.2) is 8.78 Å². The van der Waals surface area contributed by atoms with Crippen LogP contribution in [0.1, 0.15) is 98.4 Å². The van der Waals surface area contributed by atoms with Crippen molar-refractivity contribution in [2.24, 2.45) is 22.1 Å². The first kappa shape index (κ1) is 35.1. The molecule has 1 aromatic heterocycles. The number of nitrogens with zero attached hydrogens (tertiary/aromatic N) is 3. The number of fused-ring (bicyclic) bond motifs is 1. The molecule has 4 rings (SSSR count). The molecular weight excluding hydrogens is 553 g/mol. The van der Waals surface area contributed by atoms with Gasteiger partial charge in [0.15, 0.2) is 16.3 Å². The molecule has 1 atom stereocenters. The number of nitrogens with two attached hydrogens (primary N) is 1. The number of hydrogen-bond acceptors (Lipinski definition) is 3. The maximum Gasteiger partial charge on any atom is 0.165 e. The van der Waals surface area contributed by atoms with E-state index in [0.29, 0.717) is 11.7 Å². The number of benzene rings is 1. The molecule has 0 bridgehead atoms. The molecule has 0 amide bonds. The van der Waals surface area contributed by atoms with Gasteiger partial charge in [-0.05, 0) is 82.6 Å². The van der Waals surface area contributed by atoms with Gasteiger partial charge in [0.1, 0.15) is 12.0 Å². The first-order valence-electron chi connectivity index (χ1n) is 16.2. The second-order valence-electron chi connectivity index (χ2n) is 13.0. The van der Waals surface area contributed by atoms with Crippen LogP contribution in [0.25, 0.3) is 10.9 Å². The van der Waals surface area contributed by atoms with Gasteiger partial charge < -0.3 is 15.2 Å². The number of rotatable bonds is 7. The molecule has 2 aliphatic rings. The summed E-state index contributed by atoms with van der Waals surface area (Å²) >= 11 is 2.69. The lowest BCUT2D eigenvalue weighted by molar-refractivity contribution is 0.198. The number of aromatic nitrogens is 1. The van der Waals surface area contributed by atoms with Gasteiger partial charge in [-0.1, -0.05) is 51.7 Å². The summed E-state index contributed by atoms with van der Waals surface area (Å²) in [5.74, 6) is 0.746. The van der Waals surface area contributed by atoms with Crippen molar-refractivity contribution < 1.29 is 8.78 Å². The summed E-state index contributed by atoms with van der Waals surface area (Å²) in [7, 11) is 1.72. The lowest BCUT2D eigenvalue weighted by Crippen LogP contribution is -2.28. The highest BCUT2D eigenvalue weighted by Gasteiger charge is 2.30. The fraction of sp³-hybridized carbons (Fsp3) is 0.583. The number of hydrogen-bond donors (Lipinski definition) is 1. The topological polar surface area (TPSA) is 46.6 Å². The largest absolute Gasteiger partial charge is 0.398 e. The van der Waals surface area contributed by atoms with E-state index in [9.17, 15) is 8.78 Å². The summed E-state index contributed by atoms with van der Waals surface area (Å²) in [6.07, 6.45) is 16.2. The molecule has 2 heterocycles. The minimum absolute atomic E-state index is 0.106. The van der Waals surface area contributed by atoms with Crippen molar-refractivity contribution in [1.29, 1.82) is 0 Å². The van der Waals surface area contributed by atoms with Crippen LogP contribution in [-0.2, 0) is 0 Å². The van der Waals surface area contributed by atoms with E-state index in [2.05, 4.69) is 43.9 Å². The molecule has 1 saturated heterocycles. The van der Waals surface area contributed by atoms with E-state index in [0.717, 1.165) is 46.8 Å². The van der Waals surface area contributed by atoms with Crippen LogP contribution in [0, 0.1) is 17.2 Å². The second-order valence-corrected chi connectivity index (χ2v) is 13.4. The van der Waals surface area contributed by atoms with Crippen LogP contribution in [0.3, 0.4) is 0 Å². The highest BCUT2D eigenvalue weighted by atomic mass is 27.0. The molecule has 1 aromatic carbocycles. The van der Waals surface area contributed by atoms with Gasteiger partial charge in [0.25, 0.3) is 0 Å². The summed E-state index contributed by atoms with van der Waals surface area (Å²) in [5, 5.41) is 0.756. The third kappa shape index (κ3) is 9.32. The molecule has 1 unspecified atom stereocenters. The van der Waals surface area contributed by atoms with Crippen molar-refractivity contribution in [2.45, 2.75) is 105 Å². The van der Waals surface area contributed by atoms with Gasteiger partial charge in [-0.2, -0.15) is 0 Å². The Hall–Kier alpha value is -2.36. The molecule has 2 fully saturated rings. The fourth-order valence-corrected chi connectivity index (χ4v) is 6.45. The first-order valence-corrected chi connectivity index (χ1v) is 16.8. The van der Waals surface area contributed by atoms with Crippen LogP contribution >= 0.6 is 0 Å². The van der Waals surface area contributed by atoms with Crippen molar-refractivity contribution in [3.05, 3.63) is 69.8 Å². The van der Waals surface area contributed by atoms with Crippen LogP contribution in [-0.4, -0.2) is 58.3 Å². The summed E-state index contributed by atoms with van der Waals surface area (Å²) < 4.78 is 30.0. The van der Waals surface area contributed by atoms with Crippen molar-refractivity contribution in [2.75, 3.05) is 20.1 Å². The van der Waals surface area contributed by atoms with E-state index in [1.165, 1.54) is 63.9 Å². The molecule has 43 heavy (non-hydrogen) atoms. The minimum Gasteiger partial charge on any atom is -0.398 e. The van der Waals surface area contributed by atoms with E-state index in [-0.39, 0.29) is 5.82 Å². The Bertz CT molecular complexity index is 1290. The maximum atomic E-state index is 14.1. The molecule has 4 nitrogen and oxygen atoms in total. The van der Waals surface area contributed by atoms with Gasteiger partial charge in [-0.3, -0.25) is 4.99 Å². The molecule has 234 valence electrons. The van der Waals surface area contributed by atoms with Crippen LogP contribution < -0.4 is 5.73 Å². The summed E-state index contributed by atoms with van der Waals surface area (Å²) in [4.78, 5) is 8.60. The Kier molecular flexibility index (Phi) is 13.6. The average Bonchev–Trinajstić information content (AvgIpc) is 3.40. The number of alkyl halides is 1. The zero-order valence-electron chi connectivity index (χ0n) is 27.4. The molecular formula is C36H53AlF2N4. The molecule has 0 spiro atoms. The van der Waals surface area contributed by atoms with Gasteiger partial charge in [0.2, 0.25) is 0 Å². The van der Waals surface area contributed by atoms with Gasteiger partial charge >= 0.3 is 0 Å². The number of halogens is 2. The van der Waals surface area contributed by atoms with Crippen LogP contribution in [0.5, 0.6) is 0 Å². The first-order chi connectivity index (χ1) is 20.5. The van der Waals surface area contributed by atoms with Crippen molar-refractivity contribution in [1.82, 2.24) is 9.47 Å². The molecule has 7 heteroatoms. The number of allylic oxidation sites excluding steroid dienone is 3. The Morgan fingerprint density at radius 3 is 2.28 bits per heavy atom. The highest BCUT2D eigenvalue weighted by molar-refractivity contribution is 6.17. The van der Waals surface area contributed by atoms with Crippen LogP contribution in [0.15, 0.2) is 69.0 Å². The Labute approximate surface area is 267 Å².